The fraction of sp³-hybridized carbons (Fsp3) is 0.796. The van der Waals surface area contributed by atoms with Crippen LogP contribution in [-0.2, 0) is 28.6 Å². The molecule has 0 saturated heterocycles. The molecule has 6 heteroatoms. The van der Waals surface area contributed by atoms with Gasteiger partial charge >= 0.3 is 17.9 Å². The summed E-state index contributed by atoms with van der Waals surface area (Å²) in [4.78, 5) is 37.9. The van der Waals surface area contributed by atoms with E-state index in [4.69, 9.17) is 14.2 Å². The Hall–Kier alpha value is -2.63. The van der Waals surface area contributed by atoms with Crippen LogP contribution in [-0.4, -0.2) is 37.2 Å². The van der Waals surface area contributed by atoms with Crippen LogP contribution in [0, 0.1) is 0 Å². The number of carbonyl (C=O) groups excluding carboxylic acids is 3. The molecule has 348 valence electrons. The van der Waals surface area contributed by atoms with E-state index >= 15 is 0 Å². The zero-order chi connectivity index (χ0) is 43.7. The van der Waals surface area contributed by atoms with Crippen LogP contribution in [0.2, 0.25) is 0 Å². The summed E-state index contributed by atoms with van der Waals surface area (Å²) in [6.45, 7) is 6.56. The molecule has 0 rings (SSSR count). The van der Waals surface area contributed by atoms with Crippen molar-refractivity contribution < 1.29 is 28.6 Å². The molecule has 0 amide bonds. The molecule has 0 aromatic carbocycles. The van der Waals surface area contributed by atoms with Crippen molar-refractivity contribution in [3.63, 3.8) is 0 Å². The fourth-order valence-electron chi connectivity index (χ4n) is 7.20. The molecule has 0 radical (unpaired) electrons. The van der Waals surface area contributed by atoms with Crippen LogP contribution in [0.25, 0.3) is 0 Å². The molecule has 1 atom stereocenters. The number of rotatable bonds is 46. The number of hydrogen-bond donors (Lipinski definition) is 0. The van der Waals surface area contributed by atoms with Gasteiger partial charge in [0.25, 0.3) is 0 Å². The Kier molecular flexibility index (Phi) is 46.9. The second-order valence-corrected chi connectivity index (χ2v) is 17.1. The molecule has 0 N–H and O–H groups in total. The van der Waals surface area contributed by atoms with Gasteiger partial charge < -0.3 is 14.2 Å². The van der Waals surface area contributed by atoms with Crippen LogP contribution in [0.1, 0.15) is 258 Å². The van der Waals surface area contributed by atoms with Crippen molar-refractivity contribution in [2.75, 3.05) is 13.2 Å². The van der Waals surface area contributed by atoms with Crippen molar-refractivity contribution in [2.24, 2.45) is 0 Å². The first-order valence-corrected chi connectivity index (χ1v) is 25.6. The van der Waals surface area contributed by atoms with Crippen LogP contribution in [0.15, 0.2) is 48.6 Å². The predicted molar refractivity (Wildman–Crippen MR) is 256 cm³/mol. The lowest BCUT2D eigenvalue weighted by Gasteiger charge is -2.18. The summed E-state index contributed by atoms with van der Waals surface area (Å²) in [6.07, 6.45) is 58.1. The lowest BCUT2D eigenvalue weighted by molar-refractivity contribution is -0.167. The van der Waals surface area contributed by atoms with Crippen molar-refractivity contribution in [3.8, 4) is 0 Å². The summed E-state index contributed by atoms with van der Waals surface area (Å²) in [5.41, 5.74) is 0. The molecule has 0 bridgehead atoms. The summed E-state index contributed by atoms with van der Waals surface area (Å²) in [5, 5.41) is 0. The molecule has 60 heavy (non-hydrogen) atoms. The average Bonchev–Trinajstić information content (AvgIpc) is 3.24. The van der Waals surface area contributed by atoms with Gasteiger partial charge in [0.15, 0.2) is 6.10 Å². The molecular weight excluding hydrogens is 745 g/mol. The van der Waals surface area contributed by atoms with E-state index in [0.29, 0.717) is 19.3 Å². The van der Waals surface area contributed by atoms with Gasteiger partial charge in [-0.15, -0.1) is 0 Å². The van der Waals surface area contributed by atoms with Crippen molar-refractivity contribution in [2.45, 2.75) is 264 Å². The quantitative estimate of drug-likeness (QED) is 0.0263. The molecule has 0 aliphatic rings. The Balaban J connectivity index is 4.41. The van der Waals surface area contributed by atoms with Gasteiger partial charge in [0.1, 0.15) is 13.2 Å². The summed E-state index contributed by atoms with van der Waals surface area (Å²) in [5.74, 6) is -0.938. The van der Waals surface area contributed by atoms with E-state index in [1.807, 2.05) is 0 Å². The summed E-state index contributed by atoms with van der Waals surface area (Å²) in [6, 6.07) is 0. The van der Waals surface area contributed by atoms with E-state index in [1.165, 1.54) is 148 Å². The van der Waals surface area contributed by atoms with Gasteiger partial charge in [-0.25, -0.2) is 0 Å². The van der Waals surface area contributed by atoms with Crippen LogP contribution < -0.4 is 0 Å². The Morgan fingerprint density at radius 1 is 0.333 bits per heavy atom. The molecule has 0 unspecified atom stereocenters. The third kappa shape index (κ3) is 46.4. The molecule has 0 fully saturated rings. The maximum absolute atomic E-state index is 12.8. The van der Waals surface area contributed by atoms with Gasteiger partial charge in [-0.2, -0.15) is 0 Å². The fourth-order valence-corrected chi connectivity index (χ4v) is 7.20. The third-order valence-corrected chi connectivity index (χ3v) is 11.1. The van der Waals surface area contributed by atoms with E-state index < -0.39 is 6.10 Å². The first-order chi connectivity index (χ1) is 29.5. The predicted octanol–water partition coefficient (Wildman–Crippen LogP) is 16.7. The Bertz CT molecular complexity index is 1060. The van der Waals surface area contributed by atoms with Crippen LogP contribution >= 0.6 is 0 Å². The Morgan fingerprint density at radius 2 is 0.617 bits per heavy atom. The second kappa shape index (κ2) is 49.0. The first kappa shape index (κ1) is 57.4. The maximum Gasteiger partial charge on any atom is 0.306 e. The van der Waals surface area contributed by atoms with Gasteiger partial charge in [-0.3, -0.25) is 14.4 Å². The van der Waals surface area contributed by atoms with Gasteiger partial charge in [0.05, 0.1) is 0 Å². The molecule has 0 aromatic rings. The summed E-state index contributed by atoms with van der Waals surface area (Å²) in [7, 11) is 0. The largest absolute Gasteiger partial charge is 0.462 e. The van der Waals surface area contributed by atoms with Crippen LogP contribution in [0.3, 0.4) is 0 Å². The van der Waals surface area contributed by atoms with E-state index in [9.17, 15) is 14.4 Å². The Labute approximate surface area is 371 Å². The molecule has 0 spiro atoms. The summed E-state index contributed by atoms with van der Waals surface area (Å²) >= 11 is 0. The summed E-state index contributed by atoms with van der Waals surface area (Å²) < 4.78 is 16.7. The number of esters is 3. The number of carbonyl (C=O) groups is 3. The minimum absolute atomic E-state index is 0.0866. The standard InChI is InChI=1S/C54H96O6/c1-4-7-10-13-16-19-22-24-26-27-29-30-32-35-38-41-44-47-53(56)59-50-51(49-58-52(55)46-43-40-37-34-21-18-15-12-9-6-3)60-54(57)48-45-42-39-36-33-31-28-25-23-20-17-14-11-8-5-2/h16,19,24,26,29-30,35,38,51H,4-15,17-18,20-23,25,27-28,31-34,36-37,39-50H2,1-3H3/b19-16-,26-24-,30-29-,38-35-/t51-/m1/s1. The van der Waals surface area contributed by atoms with Gasteiger partial charge in [0.2, 0.25) is 0 Å². The molecule has 0 aromatic heterocycles. The van der Waals surface area contributed by atoms with E-state index in [2.05, 4.69) is 69.4 Å². The van der Waals surface area contributed by atoms with Gasteiger partial charge in [-0.05, 0) is 57.8 Å². The van der Waals surface area contributed by atoms with Crippen molar-refractivity contribution in [1.82, 2.24) is 0 Å². The lowest BCUT2D eigenvalue weighted by atomic mass is 10.0. The molecular formula is C54H96O6. The second-order valence-electron chi connectivity index (χ2n) is 17.1. The number of ether oxygens (including phenoxy) is 3. The van der Waals surface area contributed by atoms with Crippen molar-refractivity contribution in [1.29, 1.82) is 0 Å². The minimum atomic E-state index is -0.789. The monoisotopic (exact) mass is 841 g/mol. The zero-order valence-corrected chi connectivity index (χ0v) is 39.7. The number of allylic oxidation sites excluding steroid dienone is 8. The minimum Gasteiger partial charge on any atom is -0.462 e. The highest BCUT2D eigenvalue weighted by molar-refractivity contribution is 5.71. The van der Waals surface area contributed by atoms with Crippen LogP contribution in [0.4, 0.5) is 0 Å². The van der Waals surface area contributed by atoms with E-state index in [-0.39, 0.29) is 37.5 Å². The highest BCUT2D eigenvalue weighted by Gasteiger charge is 2.19. The SMILES string of the molecule is CCCCC/C=C\C/C=C\C/C=C\C/C=C\CCCC(=O)OC[C@@H](COC(=O)CCCCCCCCCCCC)OC(=O)CCCCCCCCCCCCCCCCC. The smallest absolute Gasteiger partial charge is 0.306 e. The third-order valence-electron chi connectivity index (χ3n) is 11.1. The number of unbranched alkanes of at least 4 members (excludes halogenated alkanes) is 27. The molecule has 0 aliphatic heterocycles. The van der Waals surface area contributed by atoms with Crippen molar-refractivity contribution >= 4 is 17.9 Å². The van der Waals surface area contributed by atoms with E-state index in [1.54, 1.807) is 0 Å². The molecule has 0 heterocycles. The maximum atomic E-state index is 12.8. The Morgan fingerprint density at radius 3 is 1.00 bits per heavy atom. The normalized spacial score (nSPS) is 12.4. The van der Waals surface area contributed by atoms with Gasteiger partial charge in [-0.1, -0.05) is 230 Å². The molecule has 6 nitrogen and oxygen atoms in total. The highest BCUT2D eigenvalue weighted by Crippen LogP contribution is 2.15. The van der Waals surface area contributed by atoms with Crippen LogP contribution in [0.5, 0.6) is 0 Å². The zero-order valence-electron chi connectivity index (χ0n) is 39.7. The van der Waals surface area contributed by atoms with Gasteiger partial charge in [0, 0.05) is 19.3 Å². The van der Waals surface area contributed by atoms with Crippen molar-refractivity contribution in [3.05, 3.63) is 48.6 Å². The highest BCUT2D eigenvalue weighted by atomic mass is 16.6. The van der Waals surface area contributed by atoms with E-state index in [0.717, 1.165) is 64.2 Å². The first-order valence-electron chi connectivity index (χ1n) is 25.6. The average molecular weight is 841 g/mol. The number of hydrogen-bond acceptors (Lipinski definition) is 6. The molecule has 0 aliphatic carbocycles. The lowest BCUT2D eigenvalue weighted by Crippen LogP contribution is -2.30. The topological polar surface area (TPSA) is 78.9 Å². The molecule has 0 saturated carbocycles.